The quantitative estimate of drug-likeness (QED) is 0.0402. The molecule has 0 unspecified atom stereocenters. The van der Waals surface area contributed by atoms with Crippen LogP contribution in [0.1, 0.15) is 55.8 Å². The number of halogens is 1. The van der Waals surface area contributed by atoms with Gasteiger partial charge < -0.3 is 14.6 Å². The van der Waals surface area contributed by atoms with Crippen LogP contribution in [0.4, 0.5) is 9.52 Å². The van der Waals surface area contributed by atoms with E-state index in [0.29, 0.717) is 51.5 Å². The van der Waals surface area contributed by atoms with Gasteiger partial charge in [-0.15, -0.1) is 10.2 Å². The number of hydrogen-bond donors (Lipinski definition) is 1. The Morgan fingerprint density at radius 2 is 1.61 bits per heavy atom. The lowest BCUT2D eigenvalue weighted by atomic mass is 9.95. The first-order chi connectivity index (χ1) is 21.4. The molecule has 0 aliphatic carbocycles. The molecule has 0 radical (unpaired) electrons. The van der Waals surface area contributed by atoms with Crippen LogP contribution in [0.5, 0.6) is 11.5 Å². The number of amides is 1. The summed E-state index contributed by atoms with van der Waals surface area (Å²) in [7, 11) is 0. The lowest BCUT2D eigenvalue weighted by Crippen LogP contribution is -2.29. The molecule has 1 amide bonds. The number of Topliss-reactive ketones (excluding diaryl/α,β-unsaturated/α-hetero) is 1. The molecule has 1 aliphatic heterocycles. The number of carbonyl (C=O) groups is 2. The van der Waals surface area contributed by atoms with E-state index in [4.69, 9.17) is 9.47 Å². The van der Waals surface area contributed by atoms with Gasteiger partial charge in [0.15, 0.2) is 4.34 Å². The van der Waals surface area contributed by atoms with Crippen LogP contribution in [-0.2, 0) is 15.3 Å². The van der Waals surface area contributed by atoms with Crippen molar-refractivity contribution in [2.24, 2.45) is 0 Å². The summed E-state index contributed by atoms with van der Waals surface area (Å²) in [6.07, 6.45) is 2.77. The maximum absolute atomic E-state index is 14.1. The number of ether oxygens (including phenoxy) is 2. The summed E-state index contributed by atoms with van der Waals surface area (Å²) in [5, 5.41) is 20.1. The van der Waals surface area contributed by atoms with Crippen molar-refractivity contribution in [3.8, 4) is 11.5 Å². The van der Waals surface area contributed by atoms with Crippen LogP contribution < -0.4 is 14.4 Å². The monoisotopic (exact) mass is 633 g/mol. The van der Waals surface area contributed by atoms with Gasteiger partial charge in [-0.25, -0.2) is 4.39 Å². The summed E-state index contributed by atoms with van der Waals surface area (Å²) < 4.78 is 26.1. The van der Waals surface area contributed by atoms with E-state index < -0.39 is 17.7 Å². The molecule has 228 valence electrons. The van der Waals surface area contributed by atoms with Crippen LogP contribution >= 0.6 is 23.1 Å². The summed E-state index contributed by atoms with van der Waals surface area (Å²) in [6, 6.07) is 19.3. The summed E-state index contributed by atoms with van der Waals surface area (Å²) in [4.78, 5) is 28.4. The van der Waals surface area contributed by atoms with Gasteiger partial charge in [0.2, 0.25) is 5.13 Å². The fourth-order valence-electron chi connectivity index (χ4n) is 4.62. The second-order valence-electron chi connectivity index (χ2n) is 10.0. The molecule has 11 heteroatoms. The van der Waals surface area contributed by atoms with Gasteiger partial charge in [0, 0.05) is 11.3 Å². The van der Waals surface area contributed by atoms with Gasteiger partial charge in [0.25, 0.3) is 5.78 Å². The Morgan fingerprint density at radius 3 is 2.30 bits per heavy atom. The average Bonchev–Trinajstić information content (AvgIpc) is 3.61. The lowest BCUT2D eigenvalue weighted by Gasteiger charge is -2.22. The molecule has 0 spiro atoms. The number of anilines is 1. The van der Waals surface area contributed by atoms with Crippen molar-refractivity contribution in [3.63, 3.8) is 0 Å². The van der Waals surface area contributed by atoms with Gasteiger partial charge in [-0.2, -0.15) is 0 Å². The first-order valence-electron chi connectivity index (χ1n) is 14.4. The molecule has 0 bridgehead atoms. The van der Waals surface area contributed by atoms with E-state index in [0.717, 1.165) is 30.6 Å². The molecule has 1 aromatic heterocycles. The van der Waals surface area contributed by atoms with Crippen LogP contribution in [0.25, 0.3) is 5.76 Å². The highest BCUT2D eigenvalue weighted by molar-refractivity contribution is 8.00. The van der Waals surface area contributed by atoms with Crippen LogP contribution in [0.2, 0.25) is 0 Å². The Morgan fingerprint density at radius 1 is 0.932 bits per heavy atom. The molecule has 5 rings (SSSR count). The zero-order valence-electron chi connectivity index (χ0n) is 24.4. The van der Waals surface area contributed by atoms with Gasteiger partial charge in [-0.05, 0) is 66.4 Å². The van der Waals surface area contributed by atoms with E-state index in [1.165, 1.54) is 22.7 Å². The molecule has 0 saturated carbocycles. The molecule has 1 atom stereocenters. The Balaban J connectivity index is 1.49. The third kappa shape index (κ3) is 6.95. The number of ketones is 1. The minimum Gasteiger partial charge on any atom is -0.507 e. The summed E-state index contributed by atoms with van der Waals surface area (Å²) in [5.41, 5.74) is 1.41. The van der Waals surface area contributed by atoms with Gasteiger partial charge >= 0.3 is 5.91 Å². The number of nitrogens with zero attached hydrogens (tertiary/aromatic N) is 3. The van der Waals surface area contributed by atoms with Crippen molar-refractivity contribution in [2.45, 2.75) is 49.2 Å². The highest BCUT2D eigenvalue weighted by Crippen LogP contribution is 2.44. The molecule has 1 aliphatic rings. The molecule has 2 heterocycles. The van der Waals surface area contributed by atoms with Crippen molar-refractivity contribution in [1.29, 1.82) is 0 Å². The van der Waals surface area contributed by atoms with E-state index in [1.54, 1.807) is 66.7 Å². The van der Waals surface area contributed by atoms with Gasteiger partial charge in [0.1, 0.15) is 23.1 Å². The van der Waals surface area contributed by atoms with Crippen LogP contribution in [-0.4, -0.2) is 40.2 Å². The number of hydrogen-bond acceptors (Lipinski definition) is 9. The Bertz CT molecular complexity index is 1640. The molecule has 3 aromatic carbocycles. The number of aliphatic hydroxyl groups excluding tert-OH is 1. The minimum atomic E-state index is -0.965. The fraction of sp³-hybridized carbons (Fsp3) is 0.273. The molecule has 1 saturated heterocycles. The van der Waals surface area contributed by atoms with E-state index in [-0.39, 0.29) is 22.3 Å². The Labute approximate surface area is 263 Å². The smallest absolute Gasteiger partial charge is 0.301 e. The van der Waals surface area contributed by atoms with Crippen molar-refractivity contribution >= 4 is 45.7 Å². The third-order valence-electron chi connectivity index (χ3n) is 6.92. The molecular formula is C33H32FN3O5S2. The van der Waals surface area contributed by atoms with E-state index in [1.807, 2.05) is 6.92 Å². The van der Waals surface area contributed by atoms with Crippen molar-refractivity contribution in [1.82, 2.24) is 10.2 Å². The first kappa shape index (κ1) is 31.2. The van der Waals surface area contributed by atoms with Crippen LogP contribution in [0, 0.1) is 5.82 Å². The second kappa shape index (κ2) is 14.5. The number of carbonyl (C=O) groups excluding carboxylic acids is 2. The minimum absolute atomic E-state index is 0.0624. The van der Waals surface area contributed by atoms with E-state index in [2.05, 4.69) is 17.1 Å². The fourth-order valence-corrected chi connectivity index (χ4v) is 6.48. The second-order valence-corrected chi connectivity index (χ2v) is 12.2. The van der Waals surface area contributed by atoms with Crippen molar-refractivity contribution in [3.05, 3.63) is 101 Å². The first-order valence-corrected chi connectivity index (χ1v) is 16.2. The maximum Gasteiger partial charge on any atom is 0.301 e. The van der Waals surface area contributed by atoms with Crippen molar-refractivity contribution in [2.75, 3.05) is 18.1 Å². The maximum atomic E-state index is 14.1. The number of aliphatic hydroxyl groups is 1. The Hall–Kier alpha value is -4.22. The van der Waals surface area contributed by atoms with E-state index in [9.17, 15) is 19.1 Å². The standard InChI is InChI=1S/C33H32FN3O5S2/c1-3-5-19-42-25-16-12-22(13-17-25)29(38)27-28(21-10-14-24(15-11-21)41-18-4-2)37(31(40)30(27)39)32-35-36-33(44-32)43-20-23-8-6-7-9-26(23)34/h6-17,28,38H,3-5,18-20H2,1-2H3/t28-/m1/s1. The van der Waals surface area contributed by atoms with Crippen LogP contribution in [0.15, 0.2) is 82.7 Å². The molecule has 44 heavy (non-hydrogen) atoms. The molecular weight excluding hydrogens is 602 g/mol. The molecule has 1 N–H and O–H groups in total. The zero-order valence-corrected chi connectivity index (χ0v) is 26.0. The van der Waals surface area contributed by atoms with Crippen LogP contribution in [0.3, 0.4) is 0 Å². The molecule has 1 fully saturated rings. The summed E-state index contributed by atoms with van der Waals surface area (Å²) >= 11 is 2.40. The predicted molar refractivity (Wildman–Crippen MR) is 170 cm³/mol. The predicted octanol–water partition coefficient (Wildman–Crippen LogP) is 7.56. The molecule has 8 nitrogen and oxygen atoms in total. The van der Waals surface area contributed by atoms with Gasteiger partial charge in [0.05, 0.1) is 24.8 Å². The number of rotatable bonds is 13. The SMILES string of the molecule is CCCCOc1ccc(C(O)=C2C(=O)C(=O)N(c3nnc(SCc4ccccc4F)s3)[C@@H]2c2ccc(OCCC)cc2)cc1. The highest BCUT2D eigenvalue weighted by atomic mass is 32.2. The number of thioether (sulfide) groups is 1. The normalized spacial score (nSPS) is 16.0. The summed E-state index contributed by atoms with van der Waals surface area (Å²) in [6.45, 7) is 5.22. The topological polar surface area (TPSA) is 102 Å². The average molecular weight is 634 g/mol. The highest BCUT2D eigenvalue weighted by Gasteiger charge is 2.48. The number of unbranched alkanes of at least 4 members (excludes halogenated alkanes) is 1. The number of aromatic nitrogens is 2. The lowest BCUT2D eigenvalue weighted by molar-refractivity contribution is -0.132. The zero-order chi connectivity index (χ0) is 31.1. The summed E-state index contributed by atoms with van der Waals surface area (Å²) in [5.74, 6) is -0.677. The number of benzene rings is 3. The molecule has 4 aromatic rings. The van der Waals surface area contributed by atoms with Crippen molar-refractivity contribution < 1.29 is 28.6 Å². The third-order valence-corrected chi connectivity index (χ3v) is 9.02. The van der Waals surface area contributed by atoms with Gasteiger partial charge in [-0.1, -0.05) is 73.7 Å². The Kier molecular flexibility index (Phi) is 10.3. The van der Waals surface area contributed by atoms with E-state index >= 15 is 0 Å². The largest absolute Gasteiger partial charge is 0.507 e. The van der Waals surface area contributed by atoms with Gasteiger partial charge in [-0.3, -0.25) is 14.5 Å².